The van der Waals surface area contributed by atoms with Gasteiger partial charge < -0.3 is 14.4 Å². The van der Waals surface area contributed by atoms with Crippen LogP contribution in [0.3, 0.4) is 0 Å². The van der Waals surface area contributed by atoms with Gasteiger partial charge in [-0.15, -0.1) is 5.10 Å². The number of carboxylic acids is 1. The number of sulfonamides is 1. The number of furan rings is 1. The minimum atomic E-state index is -3.82. The molecule has 0 fully saturated rings. The lowest BCUT2D eigenvalue weighted by atomic mass is 10.0. The molecule has 0 aliphatic carbocycles. The number of primary sulfonamides is 1. The molecule has 1 atom stereocenters. The van der Waals surface area contributed by atoms with Crippen molar-refractivity contribution in [3.63, 3.8) is 0 Å². The Morgan fingerprint density at radius 2 is 1.91 bits per heavy atom. The second kappa shape index (κ2) is 9.96. The minimum absolute atomic E-state index is 0.00860. The normalized spacial score (nSPS) is 12.6. The molecule has 1 amide bonds. The number of benzene rings is 1. The van der Waals surface area contributed by atoms with Crippen molar-refractivity contribution in [1.29, 1.82) is 0 Å². The molecule has 0 spiro atoms. The van der Waals surface area contributed by atoms with Gasteiger partial charge in [-0.05, 0) is 30.2 Å². The molecule has 0 saturated carbocycles. The highest BCUT2D eigenvalue weighted by molar-refractivity contribution is 7.89. The van der Waals surface area contributed by atoms with E-state index in [4.69, 9.17) is 14.7 Å². The van der Waals surface area contributed by atoms with E-state index in [0.717, 1.165) is 0 Å². The zero-order valence-corrected chi connectivity index (χ0v) is 19.0. The number of carbonyl (C=O) groups excluding carboxylic acids is 1. The van der Waals surface area contributed by atoms with Crippen molar-refractivity contribution in [3.8, 4) is 11.3 Å². The second-order valence-corrected chi connectivity index (χ2v) is 9.39. The minimum Gasteiger partial charge on any atom is -0.481 e. The van der Waals surface area contributed by atoms with Crippen molar-refractivity contribution >= 4 is 21.9 Å². The van der Waals surface area contributed by atoms with Crippen molar-refractivity contribution in [2.45, 2.75) is 37.8 Å². The predicted octanol–water partition coefficient (Wildman–Crippen LogP) is 1.89. The number of nitrogens with zero attached hydrogens (tertiary/aromatic N) is 4. The van der Waals surface area contributed by atoms with Gasteiger partial charge in [0.2, 0.25) is 15.9 Å². The molecule has 0 aliphatic heterocycles. The van der Waals surface area contributed by atoms with E-state index in [0.29, 0.717) is 17.0 Å². The van der Waals surface area contributed by atoms with Crippen LogP contribution >= 0.6 is 0 Å². The van der Waals surface area contributed by atoms with Crippen LogP contribution in [0.2, 0.25) is 0 Å². The van der Waals surface area contributed by atoms with E-state index in [1.807, 2.05) is 13.8 Å². The summed E-state index contributed by atoms with van der Waals surface area (Å²) in [5.74, 6) is -0.978. The van der Waals surface area contributed by atoms with Gasteiger partial charge in [0.05, 0.1) is 30.3 Å². The first-order valence-corrected chi connectivity index (χ1v) is 11.7. The number of hydrogen-bond acceptors (Lipinski definition) is 7. The fraction of sp³-hybridized carbons (Fsp3) is 0.333. The van der Waals surface area contributed by atoms with Crippen molar-refractivity contribution in [3.05, 3.63) is 54.6 Å². The highest BCUT2D eigenvalue weighted by atomic mass is 32.2. The second-order valence-electron chi connectivity index (χ2n) is 7.82. The van der Waals surface area contributed by atoms with Gasteiger partial charge in [-0.3, -0.25) is 9.59 Å². The van der Waals surface area contributed by atoms with Gasteiger partial charge in [-0.2, -0.15) is 0 Å². The molecule has 3 N–H and O–H groups in total. The van der Waals surface area contributed by atoms with Crippen molar-refractivity contribution < 1.29 is 27.5 Å². The molecule has 1 aromatic carbocycles. The fourth-order valence-electron chi connectivity index (χ4n) is 3.34. The van der Waals surface area contributed by atoms with Crippen LogP contribution in [0.1, 0.15) is 32.1 Å². The number of aromatic nitrogens is 3. The SMILES string of the molecule is CC(C)C(C(=O)N(CCC(=O)O)Cc1ccco1)n1cc(-c2ccc(S(N)(=O)=O)cc2)nn1. The third-order valence-electron chi connectivity index (χ3n) is 4.99. The quantitative estimate of drug-likeness (QED) is 0.449. The Hall–Kier alpha value is -3.51. The lowest BCUT2D eigenvalue weighted by molar-refractivity contribution is -0.140. The lowest BCUT2D eigenvalue weighted by Crippen LogP contribution is -2.40. The Balaban J connectivity index is 1.87. The molecule has 0 radical (unpaired) electrons. The number of aliphatic carboxylic acids is 1. The van der Waals surface area contributed by atoms with E-state index in [-0.39, 0.29) is 36.2 Å². The topological polar surface area (TPSA) is 162 Å². The monoisotopic (exact) mass is 475 g/mol. The zero-order chi connectivity index (χ0) is 24.2. The molecule has 0 bridgehead atoms. The summed E-state index contributed by atoms with van der Waals surface area (Å²) in [5, 5.41) is 22.5. The van der Waals surface area contributed by atoms with Crippen molar-refractivity contribution in [2.75, 3.05) is 6.54 Å². The van der Waals surface area contributed by atoms with Crippen LogP contribution < -0.4 is 5.14 Å². The van der Waals surface area contributed by atoms with Gasteiger partial charge in [-0.25, -0.2) is 18.2 Å². The van der Waals surface area contributed by atoms with Crippen LogP contribution in [-0.4, -0.2) is 51.8 Å². The zero-order valence-electron chi connectivity index (χ0n) is 18.2. The fourth-order valence-corrected chi connectivity index (χ4v) is 3.86. The molecule has 3 rings (SSSR count). The van der Waals surface area contributed by atoms with Crippen LogP contribution in [0.4, 0.5) is 0 Å². The van der Waals surface area contributed by atoms with Crippen LogP contribution in [0.15, 0.2) is 58.2 Å². The molecule has 176 valence electrons. The van der Waals surface area contributed by atoms with E-state index < -0.39 is 22.0 Å². The summed E-state index contributed by atoms with van der Waals surface area (Å²) >= 11 is 0. The summed E-state index contributed by atoms with van der Waals surface area (Å²) in [4.78, 5) is 26.0. The average Bonchev–Trinajstić information content (AvgIpc) is 3.42. The summed E-state index contributed by atoms with van der Waals surface area (Å²) in [6, 6.07) is 8.51. The van der Waals surface area contributed by atoms with Gasteiger partial charge in [0.25, 0.3) is 0 Å². The molecule has 11 nitrogen and oxygen atoms in total. The Morgan fingerprint density at radius 1 is 1.21 bits per heavy atom. The van der Waals surface area contributed by atoms with Crippen LogP contribution in [0.5, 0.6) is 0 Å². The van der Waals surface area contributed by atoms with E-state index in [1.54, 1.807) is 30.5 Å². The maximum absolute atomic E-state index is 13.4. The predicted molar refractivity (Wildman–Crippen MR) is 117 cm³/mol. The Kier molecular flexibility index (Phi) is 7.29. The molecular weight excluding hydrogens is 450 g/mol. The smallest absolute Gasteiger partial charge is 0.305 e. The third kappa shape index (κ3) is 6.05. The van der Waals surface area contributed by atoms with E-state index in [9.17, 15) is 18.0 Å². The number of rotatable bonds is 10. The Bertz CT molecular complexity index is 1200. The molecule has 1 unspecified atom stereocenters. The first-order valence-electron chi connectivity index (χ1n) is 10.1. The maximum atomic E-state index is 13.4. The van der Waals surface area contributed by atoms with E-state index in [1.165, 1.54) is 28.0 Å². The average molecular weight is 476 g/mol. The van der Waals surface area contributed by atoms with Crippen molar-refractivity contribution in [1.82, 2.24) is 19.9 Å². The number of nitrogens with two attached hydrogens (primary N) is 1. The van der Waals surface area contributed by atoms with E-state index in [2.05, 4.69) is 10.3 Å². The number of carboxylic acid groups (broad SMARTS) is 1. The number of amides is 1. The summed E-state index contributed by atoms with van der Waals surface area (Å²) < 4.78 is 29.7. The lowest BCUT2D eigenvalue weighted by Gasteiger charge is -2.28. The number of carbonyl (C=O) groups is 2. The van der Waals surface area contributed by atoms with Crippen molar-refractivity contribution in [2.24, 2.45) is 11.1 Å². The van der Waals surface area contributed by atoms with Gasteiger partial charge >= 0.3 is 5.97 Å². The summed E-state index contributed by atoms with van der Waals surface area (Å²) in [6.45, 7) is 3.84. The molecule has 2 heterocycles. The van der Waals surface area contributed by atoms with Gasteiger partial charge in [-0.1, -0.05) is 31.2 Å². The van der Waals surface area contributed by atoms with E-state index >= 15 is 0 Å². The molecule has 33 heavy (non-hydrogen) atoms. The summed E-state index contributed by atoms with van der Waals surface area (Å²) in [5.41, 5.74) is 1.04. The molecular formula is C21H25N5O6S. The van der Waals surface area contributed by atoms with Crippen LogP contribution in [0, 0.1) is 5.92 Å². The van der Waals surface area contributed by atoms with Crippen LogP contribution in [0.25, 0.3) is 11.3 Å². The van der Waals surface area contributed by atoms with Gasteiger partial charge in [0.1, 0.15) is 17.5 Å². The largest absolute Gasteiger partial charge is 0.481 e. The van der Waals surface area contributed by atoms with Gasteiger partial charge in [0.15, 0.2) is 0 Å². The van der Waals surface area contributed by atoms with Gasteiger partial charge in [0, 0.05) is 12.1 Å². The summed E-state index contributed by atoms with van der Waals surface area (Å²) in [6.07, 6.45) is 2.87. The number of hydrogen-bond donors (Lipinski definition) is 2. The molecule has 2 aromatic heterocycles. The molecule has 3 aromatic rings. The highest BCUT2D eigenvalue weighted by Gasteiger charge is 2.31. The molecule has 12 heteroatoms. The Morgan fingerprint density at radius 3 is 2.45 bits per heavy atom. The molecule has 0 aliphatic rings. The molecule has 0 saturated heterocycles. The summed E-state index contributed by atoms with van der Waals surface area (Å²) in [7, 11) is -3.82. The highest BCUT2D eigenvalue weighted by Crippen LogP contribution is 2.25. The Labute approximate surface area is 190 Å². The van der Waals surface area contributed by atoms with Crippen LogP contribution in [-0.2, 0) is 26.2 Å². The maximum Gasteiger partial charge on any atom is 0.305 e. The first kappa shape index (κ1) is 24.1. The third-order valence-corrected chi connectivity index (χ3v) is 5.92. The first-order chi connectivity index (χ1) is 15.6. The standard InChI is InChI=1S/C21H25N5O6S/c1-14(2)20(21(29)25(10-9-19(27)28)12-16-4-3-11-32-16)26-13-18(23-24-26)15-5-7-17(8-6-15)33(22,30)31/h3-8,11,13-14,20H,9-10,12H2,1-2H3,(H,27,28)(H2,22,30,31).